The van der Waals surface area contributed by atoms with Crippen LogP contribution in [0.4, 0.5) is 0 Å². The molecule has 1 aromatic rings. The predicted octanol–water partition coefficient (Wildman–Crippen LogP) is 1.61. The molecule has 0 radical (unpaired) electrons. The first-order valence-electron chi connectivity index (χ1n) is 4.51. The molecular weight excluding hydrogens is 246 g/mol. The average Bonchev–Trinajstić information content (AvgIpc) is 2.68. The Balaban J connectivity index is 2.31. The van der Waals surface area contributed by atoms with E-state index in [1.54, 1.807) is 0 Å². The summed E-state index contributed by atoms with van der Waals surface area (Å²) in [6.07, 6.45) is 0. The molecule has 1 aromatic carbocycles. The Morgan fingerprint density at radius 1 is 1.21 bits per heavy atom. The van der Waals surface area contributed by atoms with Gasteiger partial charge in [-0.3, -0.25) is 0 Å². The van der Waals surface area contributed by atoms with E-state index in [0.717, 1.165) is 10.0 Å². The first-order valence-corrected chi connectivity index (χ1v) is 5.30. The Labute approximate surface area is 91.3 Å². The largest absolute Gasteiger partial charge is 0.342 e. The summed E-state index contributed by atoms with van der Waals surface area (Å²) in [5.74, 6) is -0.722. The van der Waals surface area contributed by atoms with Crippen LogP contribution in [0.2, 0.25) is 0 Å². The van der Waals surface area contributed by atoms with Crippen molar-refractivity contribution >= 4 is 15.9 Å². The van der Waals surface area contributed by atoms with E-state index in [-0.39, 0.29) is 0 Å². The molecule has 1 aliphatic heterocycles. The minimum Gasteiger partial charge on any atom is -0.342 e. The van der Waals surface area contributed by atoms with Gasteiger partial charge in [-0.15, -0.1) is 0 Å². The van der Waals surface area contributed by atoms with E-state index < -0.39 is 5.79 Å². The van der Waals surface area contributed by atoms with Crippen molar-refractivity contribution in [2.45, 2.75) is 5.79 Å². The van der Waals surface area contributed by atoms with Gasteiger partial charge in [0.05, 0.1) is 19.8 Å². The van der Waals surface area contributed by atoms with Crippen LogP contribution in [0.1, 0.15) is 5.56 Å². The van der Waals surface area contributed by atoms with Gasteiger partial charge >= 0.3 is 0 Å². The van der Waals surface area contributed by atoms with Crippen molar-refractivity contribution in [2.75, 3.05) is 19.8 Å². The molecular formula is C10H12BrNO2. The summed E-state index contributed by atoms with van der Waals surface area (Å²) in [5.41, 5.74) is 6.65. The first-order chi connectivity index (χ1) is 6.77. The molecule has 0 spiro atoms. The smallest absolute Gasteiger partial charge is 0.207 e. The molecule has 1 heterocycles. The predicted molar refractivity (Wildman–Crippen MR) is 56.8 cm³/mol. The Hall–Kier alpha value is -0.420. The highest BCUT2D eigenvalue weighted by atomic mass is 79.9. The number of hydrogen-bond donors (Lipinski definition) is 1. The van der Waals surface area contributed by atoms with Crippen molar-refractivity contribution < 1.29 is 9.47 Å². The number of rotatable bonds is 2. The summed E-state index contributed by atoms with van der Waals surface area (Å²) in [5, 5.41) is 0. The summed E-state index contributed by atoms with van der Waals surface area (Å²) in [4.78, 5) is 0. The van der Waals surface area contributed by atoms with Gasteiger partial charge in [-0.05, 0) is 12.1 Å². The zero-order valence-corrected chi connectivity index (χ0v) is 9.29. The van der Waals surface area contributed by atoms with E-state index in [1.807, 2.05) is 24.3 Å². The highest BCUT2D eigenvalue weighted by Crippen LogP contribution is 2.30. The van der Waals surface area contributed by atoms with Crippen molar-refractivity contribution in [1.82, 2.24) is 0 Å². The molecule has 1 fully saturated rings. The third-order valence-electron chi connectivity index (χ3n) is 2.31. The Bertz CT molecular complexity index is 306. The molecule has 0 unspecified atom stereocenters. The van der Waals surface area contributed by atoms with Gasteiger partial charge in [-0.2, -0.15) is 0 Å². The van der Waals surface area contributed by atoms with E-state index in [4.69, 9.17) is 15.2 Å². The van der Waals surface area contributed by atoms with Crippen LogP contribution in [0, 0.1) is 0 Å². The van der Waals surface area contributed by atoms with E-state index in [9.17, 15) is 0 Å². The summed E-state index contributed by atoms with van der Waals surface area (Å²) < 4.78 is 12.1. The highest BCUT2D eigenvalue weighted by Gasteiger charge is 2.36. The number of hydrogen-bond acceptors (Lipinski definition) is 3. The maximum atomic E-state index is 5.68. The van der Waals surface area contributed by atoms with Crippen molar-refractivity contribution in [3.05, 3.63) is 34.3 Å². The lowest BCUT2D eigenvalue weighted by Crippen LogP contribution is -2.35. The molecule has 0 amide bonds. The topological polar surface area (TPSA) is 44.5 Å². The molecule has 0 atom stereocenters. The Morgan fingerprint density at radius 2 is 1.79 bits per heavy atom. The van der Waals surface area contributed by atoms with Crippen LogP contribution in [-0.2, 0) is 15.3 Å². The summed E-state index contributed by atoms with van der Waals surface area (Å²) in [6.45, 7) is 1.55. The van der Waals surface area contributed by atoms with Crippen LogP contribution in [0.25, 0.3) is 0 Å². The van der Waals surface area contributed by atoms with Gasteiger partial charge in [-0.1, -0.05) is 28.1 Å². The molecule has 2 N–H and O–H groups in total. The maximum Gasteiger partial charge on any atom is 0.207 e. The fourth-order valence-electron chi connectivity index (χ4n) is 1.56. The molecule has 1 saturated heterocycles. The Morgan fingerprint density at radius 3 is 2.29 bits per heavy atom. The minimum atomic E-state index is -0.722. The standard InChI is InChI=1S/C10H12BrNO2/c11-9-3-1-8(2-4-9)10(7-12)13-5-6-14-10/h1-4H,5-7,12H2. The van der Waals surface area contributed by atoms with Crippen LogP contribution >= 0.6 is 15.9 Å². The lowest BCUT2D eigenvalue weighted by Gasteiger charge is -2.25. The third kappa shape index (κ3) is 1.70. The highest BCUT2D eigenvalue weighted by molar-refractivity contribution is 9.10. The number of halogens is 1. The summed E-state index contributed by atoms with van der Waals surface area (Å²) >= 11 is 3.38. The second-order valence-corrected chi connectivity index (χ2v) is 4.08. The lowest BCUT2D eigenvalue weighted by molar-refractivity contribution is -0.156. The number of nitrogens with two attached hydrogens (primary N) is 1. The average molecular weight is 258 g/mol. The second-order valence-electron chi connectivity index (χ2n) is 3.16. The molecule has 4 heteroatoms. The van der Waals surface area contributed by atoms with E-state index in [1.165, 1.54) is 0 Å². The van der Waals surface area contributed by atoms with Gasteiger partial charge in [-0.25, -0.2) is 0 Å². The Kier molecular flexibility index (Phi) is 2.88. The first kappa shape index (κ1) is 10.1. The van der Waals surface area contributed by atoms with Crippen LogP contribution in [0.3, 0.4) is 0 Å². The van der Waals surface area contributed by atoms with E-state index in [2.05, 4.69) is 15.9 Å². The summed E-state index contributed by atoms with van der Waals surface area (Å²) in [7, 11) is 0. The fraction of sp³-hybridized carbons (Fsp3) is 0.400. The van der Waals surface area contributed by atoms with Gasteiger partial charge in [0.1, 0.15) is 0 Å². The molecule has 2 rings (SSSR count). The molecule has 0 saturated carbocycles. The van der Waals surface area contributed by atoms with Gasteiger partial charge in [0, 0.05) is 10.0 Å². The van der Waals surface area contributed by atoms with Gasteiger partial charge in [0.15, 0.2) is 0 Å². The van der Waals surface area contributed by atoms with Crippen LogP contribution < -0.4 is 5.73 Å². The van der Waals surface area contributed by atoms with E-state index >= 15 is 0 Å². The number of ether oxygens (including phenoxy) is 2. The monoisotopic (exact) mass is 257 g/mol. The SMILES string of the molecule is NCC1(c2ccc(Br)cc2)OCCO1. The molecule has 0 bridgehead atoms. The van der Waals surface area contributed by atoms with Crippen LogP contribution in [0.15, 0.2) is 28.7 Å². The number of benzene rings is 1. The maximum absolute atomic E-state index is 5.68. The molecule has 76 valence electrons. The molecule has 1 aliphatic rings. The second kappa shape index (κ2) is 3.98. The van der Waals surface area contributed by atoms with E-state index in [0.29, 0.717) is 19.8 Å². The van der Waals surface area contributed by atoms with Gasteiger partial charge in [0.2, 0.25) is 5.79 Å². The van der Waals surface area contributed by atoms with Crippen molar-refractivity contribution in [1.29, 1.82) is 0 Å². The van der Waals surface area contributed by atoms with Crippen molar-refractivity contribution in [3.63, 3.8) is 0 Å². The zero-order chi connectivity index (χ0) is 10.0. The molecule has 14 heavy (non-hydrogen) atoms. The van der Waals surface area contributed by atoms with Crippen LogP contribution in [-0.4, -0.2) is 19.8 Å². The van der Waals surface area contributed by atoms with Gasteiger partial charge < -0.3 is 15.2 Å². The molecule has 0 aromatic heterocycles. The summed E-state index contributed by atoms with van der Waals surface area (Å²) in [6, 6.07) is 7.83. The van der Waals surface area contributed by atoms with Crippen LogP contribution in [0.5, 0.6) is 0 Å². The molecule has 0 aliphatic carbocycles. The lowest BCUT2D eigenvalue weighted by atomic mass is 10.1. The van der Waals surface area contributed by atoms with Gasteiger partial charge in [0.25, 0.3) is 0 Å². The fourth-order valence-corrected chi connectivity index (χ4v) is 1.83. The zero-order valence-electron chi connectivity index (χ0n) is 7.70. The third-order valence-corrected chi connectivity index (χ3v) is 2.84. The molecule has 3 nitrogen and oxygen atoms in total. The van der Waals surface area contributed by atoms with Crippen molar-refractivity contribution in [3.8, 4) is 0 Å². The quantitative estimate of drug-likeness (QED) is 0.876. The normalized spacial score (nSPS) is 19.9. The minimum absolute atomic E-state index is 0.342. The van der Waals surface area contributed by atoms with Crippen molar-refractivity contribution in [2.24, 2.45) is 5.73 Å².